The molecule has 0 amide bonds. The van der Waals surface area contributed by atoms with Crippen LogP contribution in [0.1, 0.15) is 12.5 Å². The van der Waals surface area contributed by atoms with Gasteiger partial charge in [-0.1, -0.05) is 12.1 Å². The van der Waals surface area contributed by atoms with Gasteiger partial charge in [0.2, 0.25) is 0 Å². The summed E-state index contributed by atoms with van der Waals surface area (Å²) in [6.45, 7) is 2.08. The fraction of sp³-hybridized carbons (Fsp3) is 0.364. The molecule has 0 radical (unpaired) electrons. The third-order valence-electron chi connectivity index (χ3n) is 2.17. The summed E-state index contributed by atoms with van der Waals surface area (Å²) in [5.74, 6) is 0.925. The van der Waals surface area contributed by atoms with Crippen LogP contribution >= 0.6 is 0 Å². The predicted molar refractivity (Wildman–Crippen MR) is 54.9 cm³/mol. The summed E-state index contributed by atoms with van der Waals surface area (Å²) in [5, 5.41) is 0. The first-order valence-corrected chi connectivity index (χ1v) is 4.31. The Bertz CT molecular complexity index is 325. The molecule has 0 atom stereocenters. The molecule has 70 valence electrons. The maximum absolute atomic E-state index is 5.27. The lowest BCUT2D eigenvalue weighted by Gasteiger charge is -2.05. The average molecular weight is 178 g/mol. The Morgan fingerprint density at radius 1 is 1.23 bits per heavy atom. The molecule has 0 saturated carbocycles. The highest BCUT2D eigenvalue weighted by Crippen LogP contribution is 2.17. The van der Waals surface area contributed by atoms with Crippen molar-refractivity contribution >= 4 is 5.71 Å². The van der Waals surface area contributed by atoms with Gasteiger partial charge in [0.25, 0.3) is 0 Å². The van der Waals surface area contributed by atoms with E-state index in [4.69, 9.17) is 4.74 Å². The van der Waals surface area contributed by atoms with E-state index in [-0.39, 0.29) is 0 Å². The third kappa shape index (κ3) is 2.08. The summed E-state index contributed by atoms with van der Waals surface area (Å²) in [5.41, 5.74) is 2.35. The molecular formula is C11H16NO+. The molecule has 1 aromatic carbocycles. The minimum atomic E-state index is 0.925. The number of para-hydroxylation sites is 1. The minimum Gasteiger partial charge on any atom is -0.496 e. The van der Waals surface area contributed by atoms with E-state index in [1.54, 1.807) is 7.11 Å². The molecule has 0 aliphatic carbocycles. The smallest absolute Gasteiger partial charge is 0.183 e. The van der Waals surface area contributed by atoms with Crippen molar-refractivity contribution in [1.82, 2.24) is 0 Å². The summed E-state index contributed by atoms with van der Waals surface area (Å²) >= 11 is 0. The van der Waals surface area contributed by atoms with Crippen LogP contribution in [0.15, 0.2) is 24.3 Å². The molecule has 2 nitrogen and oxygen atoms in total. The summed E-state index contributed by atoms with van der Waals surface area (Å²) in [6.07, 6.45) is 0. The van der Waals surface area contributed by atoms with Gasteiger partial charge < -0.3 is 4.74 Å². The van der Waals surface area contributed by atoms with Gasteiger partial charge >= 0.3 is 0 Å². The first-order valence-electron chi connectivity index (χ1n) is 4.31. The zero-order chi connectivity index (χ0) is 9.84. The van der Waals surface area contributed by atoms with Crippen LogP contribution in [0.2, 0.25) is 0 Å². The molecule has 0 aromatic heterocycles. The first-order chi connectivity index (χ1) is 6.16. The molecule has 0 spiro atoms. The van der Waals surface area contributed by atoms with Crippen LogP contribution < -0.4 is 4.74 Å². The van der Waals surface area contributed by atoms with Crippen molar-refractivity contribution in [3.05, 3.63) is 29.8 Å². The average Bonchev–Trinajstić information content (AvgIpc) is 2.16. The van der Waals surface area contributed by atoms with Crippen molar-refractivity contribution in [3.63, 3.8) is 0 Å². The number of ether oxygens (including phenoxy) is 1. The normalized spacial score (nSPS) is 9.54. The molecule has 0 aliphatic rings. The molecule has 1 aromatic rings. The second-order valence-electron chi connectivity index (χ2n) is 3.18. The van der Waals surface area contributed by atoms with Gasteiger partial charge in [-0.2, -0.15) is 0 Å². The summed E-state index contributed by atoms with van der Waals surface area (Å²) < 4.78 is 7.35. The summed E-state index contributed by atoms with van der Waals surface area (Å²) in [7, 11) is 5.76. The molecule has 0 fully saturated rings. The quantitative estimate of drug-likeness (QED) is 0.496. The number of rotatable bonds is 2. The highest BCUT2D eigenvalue weighted by Gasteiger charge is 2.09. The van der Waals surface area contributed by atoms with Crippen molar-refractivity contribution in [2.45, 2.75) is 6.92 Å². The van der Waals surface area contributed by atoms with Gasteiger partial charge in [0.15, 0.2) is 5.71 Å². The topological polar surface area (TPSA) is 12.2 Å². The van der Waals surface area contributed by atoms with Crippen LogP contribution in [0.4, 0.5) is 0 Å². The highest BCUT2D eigenvalue weighted by atomic mass is 16.5. The van der Waals surface area contributed by atoms with Gasteiger partial charge in [-0.05, 0) is 12.1 Å². The summed E-state index contributed by atoms with van der Waals surface area (Å²) in [4.78, 5) is 0. The Kier molecular flexibility index (Phi) is 3.07. The Balaban J connectivity index is 3.21. The molecule has 0 heterocycles. The van der Waals surface area contributed by atoms with E-state index < -0.39 is 0 Å². The molecule has 0 bridgehead atoms. The molecule has 0 unspecified atom stereocenters. The van der Waals surface area contributed by atoms with Crippen LogP contribution in [0, 0.1) is 0 Å². The van der Waals surface area contributed by atoms with Gasteiger partial charge in [-0.15, -0.1) is 0 Å². The fourth-order valence-electron chi connectivity index (χ4n) is 1.18. The standard InChI is InChI=1S/C11H16NO/c1-9(12(2)3)10-7-5-6-8-11(10)13-4/h5-8H,1-4H3/q+1. The van der Waals surface area contributed by atoms with E-state index in [1.165, 1.54) is 5.71 Å². The minimum absolute atomic E-state index is 0.925. The van der Waals surface area contributed by atoms with Crippen LogP contribution in [0.25, 0.3) is 0 Å². The van der Waals surface area contributed by atoms with Crippen LogP contribution in [-0.4, -0.2) is 31.5 Å². The largest absolute Gasteiger partial charge is 0.496 e. The molecular weight excluding hydrogens is 162 g/mol. The van der Waals surface area contributed by atoms with Crippen molar-refractivity contribution in [2.24, 2.45) is 0 Å². The van der Waals surface area contributed by atoms with Crippen LogP contribution in [0.3, 0.4) is 0 Å². The highest BCUT2D eigenvalue weighted by molar-refractivity contribution is 5.97. The number of nitrogens with zero attached hydrogens (tertiary/aromatic N) is 1. The lowest BCUT2D eigenvalue weighted by Crippen LogP contribution is -2.11. The Hall–Kier alpha value is -1.31. The van der Waals surface area contributed by atoms with Gasteiger partial charge in [0, 0.05) is 6.92 Å². The van der Waals surface area contributed by atoms with E-state index in [0.717, 1.165) is 11.3 Å². The second-order valence-corrected chi connectivity index (χ2v) is 3.18. The SMILES string of the molecule is COc1ccccc1C(C)=[N+](C)C. The number of benzene rings is 1. The Morgan fingerprint density at radius 3 is 2.38 bits per heavy atom. The molecule has 0 saturated heterocycles. The Labute approximate surface area is 79.5 Å². The Morgan fingerprint density at radius 2 is 1.85 bits per heavy atom. The van der Waals surface area contributed by atoms with Crippen molar-refractivity contribution < 1.29 is 9.31 Å². The molecule has 2 heteroatoms. The molecule has 0 N–H and O–H groups in total. The van der Waals surface area contributed by atoms with E-state index in [9.17, 15) is 0 Å². The second kappa shape index (κ2) is 4.08. The fourth-order valence-corrected chi connectivity index (χ4v) is 1.18. The molecule has 13 heavy (non-hydrogen) atoms. The summed E-state index contributed by atoms with van der Waals surface area (Å²) in [6, 6.07) is 8.03. The van der Waals surface area contributed by atoms with Crippen LogP contribution in [0.5, 0.6) is 5.75 Å². The van der Waals surface area contributed by atoms with E-state index in [2.05, 4.69) is 17.6 Å². The van der Waals surface area contributed by atoms with Crippen molar-refractivity contribution in [1.29, 1.82) is 0 Å². The maximum Gasteiger partial charge on any atom is 0.183 e. The lowest BCUT2D eigenvalue weighted by molar-refractivity contribution is -0.464. The first kappa shape index (κ1) is 9.78. The van der Waals surface area contributed by atoms with E-state index in [0.29, 0.717) is 0 Å². The van der Waals surface area contributed by atoms with E-state index >= 15 is 0 Å². The van der Waals surface area contributed by atoms with Gasteiger partial charge in [-0.25, -0.2) is 4.58 Å². The van der Waals surface area contributed by atoms with Gasteiger partial charge in [-0.3, -0.25) is 0 Å². The zero-order valence-corrected chi connectivity index (χ0v) is 8.66. The number of hydrogen-bond acceptors (Lipinski definition) is 1. The van der Waals surface area contributed by atoms with Crippen LogP contribution in [-0.2, 0) is 0 Å². The zero-order valence-electron chi connectivity index (χ0n) is 8.66. The lowest BCUT2D eigenvalue weighted by atomic mass is 10.1. The van der Waals surface area contributed by atoms with Gasteiger partial charge in [0.05, 0.1) is 12.7 Å². The maximum atomic E-state index is 5.27. The predicted octanol–water partition coefficient (Wildman–Crippen LogP) is 1.78. The molecule has 0 aliphatic heterocycles. The van der Waals surface area contributed by atoms with Crippen molar-refractivity contribution in [2.75, 3.05) is 21.2 Å². The van der Waals surface area contributed by atoms with Crippen molar-refractivity contribution in [3.8, 4) is 5.75 Å². The van der Waals surface area contributed by atoms with Gasteiger partial charge in [0.1, 0.15) is 19.8 Å². The molecule has 1 rings (SSSR count). The third-order valence-corrected chi connectivity index (χ3v) is 2.17. The number of methoxy groups -OCH3 is 1. The van der Waals surface area contributed by atoms with E-state index in [1.807, 2.05) is 32.3 Å². The monoisotopic (exact) mass is 178 g/mol. The number of hydrogen-bond donors (Lipinski definition) is 0.